The minimum Gasteiger partial charge on any atom is -0.368 e. The first-order chi connectivity index (χ1) is 16.2. The van der Waals surface area contributed by atoms with Gasteiger partial charge in [-0.25, -0.2) is 18.7 Å². The van der Waals surface area contributed by atoms with Gasteiger partial charge in [0.05, 0.1) is 22.8 Å². The monoisotopic (exact) mass is 469 g/mol. The number of hydrogen-bond acceptors (Lipinski definition) is 8. The zero-order chi connectivity index (χ0) is 24.2. The smallest absolute Gasteiger partial charge is 0.223 e. The van der Waals surface area contributed by atoms with Crippen molar-refractivity contribution in [2.75, 3.05) is 30.3 Å². The van der Waals surface area contributed by atoms with E-state index in [1.165, 1.54) is 10.6 Å². The van der Waals surface area contributed by atoms with Gasteiger partial charge in [0.25, 0.3) is 0 Å². The fraction of sp³-hybridized carbons (Fsp3) is 0.455. The van der Waals surface area contributed by atoms with Crippen molar-refractivity contribution in [1.82, 2.24) is 29.4 Å². The number of nitrogen functional groups attached to an aromatic ring is 1. The van der Waals surface area contributed by atoms with Crippen LogP contribution in [0.15, 0.2) is 29.7 Å². The highest BCUT2D eigenvalue weighted by Gasteiger charge is 2.31. The molecule has 3 aromatic heterocycles. The van der Waals surface area contributed by atoms with E-state index in [1.807, 2.05) is 20.0 Å². The number of aromatic nitrogens is 6. The fourth-order valence-corrected chi connectivity index (χ4v) is 4.63. The highest BCUT2D eigenvalue weighted by Crippen LogP contribution is 2.33. The average Bonchev–Trinajstić information content (AvgIpc) is 3.43. The SMILES string of the molecule is CC1CC(c2nc3c4cc(F)cc(F)c4nc(N)n3n2)CN(c2cnn(C(C)(C)CN=O)c2)C1. The van der Waals surface area contributed by atoms with Gasteiger partial charge in [0.2, 0.25) is 5.95 Å². The zero-order valence-electron chi connectivity index (χ0n) is 19.1. The summed E-state index contributed by atoms with van der Waals surface area (Å²) in [6, 6.07) is 1.97. The van der Waals surface area contributed by atoms with Crippen LogP contribution in [0.1, 0.15) is 38.9 Å². The van der Waals surface area contributed by atoms with Gasteiger partial charge in [-0.3, -0.25) is 4.68 Å². The number of benzene rings is 1. The van der Waals surface area contributed by atoms with Crippen LogP contribution in [0, 0.1) is 22.5 Å². The minimum absolute atomic E-state index is 0.0141. The van der Waals surface area contributed by atoms with Crippen LogP contribution in [0.3, 0.4) is 0 Å². The van der Waals surface area contributed by atoms with Crippen LogP contribution in [0.2, 0.25) is 0 Å². The van der Waals surface area contributed by atoms with E-state index in [1.54, 1.807) is 10.9 Å². The molecule has 4 heterocycles. The molecule has 2 unspecified atom stereocenters. The van der Waals surface area contributed by atoms with Gasteiger partial charge in [-0.15, -0.1) is 5.10 Å². The Labute approximate surface area is 193 Å². The van der Waals surface area contributed by atoms with Crippen molar-refractivity contribution in [3.8, 4) is 0 Å². The molecule has 0 bridgehead atoms. The molecule has 0 saturated carbocycles. The lowest BCUT2D eigenvalue weighted by Gasteiger charge is -2.36. The Morgan fingerprint density at radius 1 is 1.24 bits per heavy atom. The molecule has 12 heteroatoms. The summed E-state index contributed by atoms with van der Waals surface area (Å²) >= 11 is 0. The number of rotatable bonds is 5. The van der Waals surface area contributed by atoms with Crippen LogP contribution in [0.5, 0.6) is 0 Å². The minimum atomic E-state index is -0.795. The Hall–Kier alpha value is -3.70. The van der Waals surface area contributed by atoms with Crippen molar-refractivity contribution >= 4 is 28.2 Å². The standard InChI is InChI=1S/C22H25F2N9O/c1-12-4-13(9-31(8-12)15-7-26-32(10-15)22(2,3)11-27-34)19-29-20-16-5-14(23)6-17(24)18(16)28-21(25)33(20)30-19/h5-7,10,12-13H,4,8-9,11H2,1-3H3,(H2,25,28). The number of anilines is 2. The van der Waals surface area contributed by atoms with Crippen molar-refractivity contribution in [2.45, 2.75) is 38.6 Å². The largest absolute Gasteiger partial charge is 0.368 e. The Bertz CT molecular complexity index is 1400. The van der Waals surface area contributed by atoms with E-state index < -0.39 is 17.2 Å². The zero-order valence-corrected chi connectivity index (χ0v) is 19.1. The maximum atomic E-state index is 14.3. The number of nitrogens with two attached hydrogens (primary N) is 1. The van der Waals surface area contributed by atoms with Gasteiger partial charge in [-0.1, -0.05) is 12.1 Å². The van der Waals surface area contributed by atoms with Gasteiger partial charge in [0.1, 0.15) is 17.9 Å². The van der Waals surface area contributed by atoms with Crippen molar-refractivity contribution < 1.29 is 8.78 Å². The first kappa shape index (κ1) is 22.1. The van der Waals surface area contributed by atoms with Crippen molar-refractivity contribution in [1.29, 1.82) is 0 Å². The van der Waals surface area contributed by atoms with Crippen molar-refractivity contribution in [3.63, 3.8) is 0 Å². The first-order valence-electron chi connectivity index (χ1n) is 11.1. The summed E-state index contributed by atoms with van der Waals surface area (Å²) in [7, 11) is 0. The second-order valence-electron chi connectivity index (χ2n) is 9.64. The molecule has 1 saturated heterocycles. The number of hydrogen-bond donors (Lipinski definition) is 1. The Morgan fingerprint density at radius 3 is 2.79 bits per heavy atom. The van der Waals surface area contributed by atoms with Crippen LogP contribution in [0.4, 0.5) is 20.4 Å². The molecule has 178 valence electrons. The molecule has 34 heavy (non-hydrogen) atoms. The van der Waals surface area contributed by atoms with Gasteiger partial charge in [-0.05, 0) is 32.3 Å². The number of nitrogens with zero attached hydrogens (tertiary/aromatic N) is 8. The van der Waals surface area contributed by atoms with Crippen LogP contribution in [-0.4, -0.2) is 49.0 Å². The van der Waals surface area contributed by atoms with E-state index in [2.05, 4.69) is 37.2 Å². The second-order valence-corrected chi connectivity index (χ2v) is 9.64. The predicted molar refractivity (Wildman–Crippen MR) is 124 cm³/mol. The van der Waals surface area contributed by atoms with Gasteiger partial charge in [0.15, 0.2) is 17.3 Å². The topological polar surface area (TPSA) is 120 Å². The molecule has 1 aliphatic rings. The summed E-state index contributed by atoms with van der Waals surface area (Å²) in [4.78, 5) is 21.7. The van der Waals surface area contributed by atoms with E-state index in [0.717, 1.165) is 24.7 Å². The summed E-state index contributed by atoms with van der Waals surface area (Å²) in [5, 5.41) is 12.2. The lowest BCUT2D eigenvalue weighted by Crippen LogP contribution is -2.39. The molecule has 0 aliphatic carbocycles. The molecule has 1 fully saturated rings. The van der Waals surface area contributed by atoms with Crippen molar-refractivity contribution in [3.05, 3.63) is 46.9 Å². The van der Waals surface area contributed by atoms with Gasteiger partial charge < -0.3 is 10.6 Å². The Kier molecular flexibility index (Phi) is 5.18. The summed E-state index contributed by atoms with van der Waals surface area (Å²) < 4.78 is 31.3. The Balaban J connectivity index is 1.50. The summed E-state index contributed by atoms with van der Waals surface area (Å²) in [6.07, 6.45) is 4.54. The third kappa shape index (κ3) is 3.72. The van der Waals surface area contributed by atoms with E-state index in [9.17, 15) is 13.7 Å². The molecule has 5 rings (SSSR count). The summed E-state index contributed by atoms with van der Waals surface area (Å²) in [6.45, 7) is 7.53. The van der Waals surface area contributed by atoms with Gasteiger partial charge in [-0.2, -0.15) is 14.5 Å². The molecule has 10 nitrogen and oxygen atoms in total. The fourth-order valence-electron chi connectivity index (χ4n) is 4.63. The Morgan fingerprint density at radius 2 is 2.03 bits per heavy atom. The van der Waals surface area contributed by atoms with Crippen LogP contribution in [-0.2, 0) is 5.54 Å². The summed E-state index contributed by atoms with van der Waals surface area (Å²) in [5.41, 5.74) is 6.66. The highest BCUT2D eigenvalue weighted by atomic mass is 19.1. The molecule has 1 aromatic carbocycles. The maximum absolute atomic E-state index is 14.3. The van der Waals surface area contributed by atoms with Gasteiger partial charge >= 0.3 is 0 Å². The van der Waals surface area contributed by atoms with Crippen LogP contribution < -0.4 is 10.6 Å². The maximum Gasteiger partial charge on any atom is 0.223 e. The quantitative estimate of drug-likeness (QED) is 0.445. The highest BCUT2D eigenvalue weighted by molar-refractivity contribution is 5.92. The molecule has 2 N–H and O–H groups in total. The molecule has 0 radical (unpaired) electrons. The second kappa shape index (κ2) is 7.96. The number of piperidine rings is 1. The van der Waals surface area contributed by atoms with E-state index in [0.29, 0.717) is 18.3 Å². The molecule has 1 aliphatic heterocycles. The lowest BCUT2D eigenvalue weighted by atomic mass is 9.89. The molecular formula is C22H25F2N9O. The molecule has 4 aromatic rings. The van der Waals surface area contributed by atoms with Crippen LogP contribution in [0.25, 0.3) is 16.6 Å². The molecular weight excluding hydrogens is 444 g/mol. The first-order valence-corrected chi connectivity index (χ1v) is 11.1. The third-order valence-electron chi connectivity index (χ3n) is 6.37. The molecule has 0 spiro atoms. The van der Waals surface area contributed by atoms with E-state index in [4.69, 9.17) is 5.73 Å². The predicted octanol–water partition coefficient (Wildman–Crippen LogP) is 3.47. The van der Waals surface area contributed by atoms with E-state index >= 15 is 0 Å². The third-order valence-corrected chi connectivity index (χ3v) is 6.37. The number of halogens is 2. The molecule has 0 amide bonds. The summed E-state index contributed by atoms with van der Waals surface area (Å²) in [5.74, 6) is -0.689. The van der Waals surface area contributed by atoms with E-state index in [-0.39, 0.29) is 35.0 Å². The van der Waals surface area contributed by atoms with Crippen molar-refractivity contribution in [2.24, 2.45) is 11.1 Å². The number of nitroso groups, excluding NO2 is 1. The average molecular weight is 470 g/mol. The molecule has 2 atom stereocenters. The lowest BCUT2D eigenvalue weighted by molar-refractivity contribution is 0.330. The number of fused-ring (bicyclic) bond motifs is 3. The van der Waals surface area contributed by atoms with Crippen LogP contribution >= 0.6 is 0 Å². The van der Waals surface area contributed by atoms with Gasteiger partial charge in [0, 0.05) is 31.3 Å². The normalized spacial score (nSPS) is 19.3.